The van der Waals surface area contributed by atoms with E-state index in [9.17, 15) is 14.4 Å². The molecule has 7 heteroatoms. The summed E-state index contributed by atoms with van der Waals surface area (Å²) in [7, 11) is 0. The summed E-state index contributed by atoms with van der Waals surface area (Å²) in [6.45, 7) is 1.10. The Morgan fingerprint density at radius 3 is 2.70 bits per heavy atom. The lowest BCUT2D eigenvalue weighted by Gasteiger charge is -2.46. The van der Waals surface area contributed by atoms with E-state index in [2.05, 4.69) is 0 Å². The summed E-state index contributed by atoms with van der Waals surface area (Å²) in [6, 6.07) is -0.398. The van der Waals surface area contributed by atoms with Gasteiger partial charge in [-0.15, -0.1) is 0 Å². The number of allylic oxidation sites excluding steroid dienone is 2. The van der Waals surface area contributed by atoms with Crippen molar-refractivity contribution in [3.05, 3.63) is 23.6 Å². The smallest absolute Gasteiger partial charge is 0.352 e. The molecule has 0 aromatic rings. The van der Waals surface area contributed by atoms with Crippen LogP contribution < -0.4 is 0 Å². The van der Waals surface area contributed by atoms with Gasteiger partial charge in [0.2, 0.25) is 5.91 Å². The fourth-order valence-electron chi connectivity index (χ4n) is 2.55. The number of aliphatic hydroxyl groups excluding tert-OH is 1. The van der Waals surface area contributed by atoms with E-state index in [-0.39, 0.29) is 31.1 Å². The maximum absolute atomic E-state index is 12.0. The standard InChI is InChI=1S/C13H15NO6/c1-7(16)20-8-2-3-10(13(18)19)14-11(6-8)9(4-5-15)12(14)17/h2-3,9,11,15H,4-6H2,1H3,(H,18,19)/t9-,11+/m0/s1. The van der Waals surface area contributed by atoms with E-state index in [1.807, 2.05) is 0 Å². The van der Waals surface area contributed by atoms with Crippen molar-refractivity contribution in [2.24, 2.45) is 5.92 Å². The molecule has 2 rings (SSSR count). The molecule has 2 heterocycles. The van der Waals surface area contributed by atoms with Gasteiger partial charge in [-0.25, -0.2) is 4.79 Å². The predicted octanol–water partition coefficient (Wildman–Crippen LogP) is 0.0150. The largest absolute Gasteiger partial charge is 0.477 e. The molecule has 0 radical (unpaired) electrons. The summed E-state index contributed by atoms with van der Waals surface area (Å²) in [4.78, 5) is 35.3. The molecule has 0 saturated carbocycles. The summed E-state index contributed by atoms with van der Waals surface area (Å²) < 4.78 is 5.00. The number of rotatable bonds is 4. The molecule has 108 valence electrons. The summed E-state index contributed by atoms with van der Waals surface area (Å²) in [5, 5.41) is 18.1. The van der Waals surface area contributed by atoms with Crippen molar-refractivity contribution in [1.82, 2.24) is 4.90 Å². The van der Waals surface area contributed by atoms with Crippen molar-refractivity contribution in [3.63, 3.8) is 0 Å². The van der Waals surface area contributed by atoms with Crippen LogP contribution in [0.5, 0.6) is 0 Å². The van der Waals surface area contributed by atoms with Gasteiger partial charge in [0.05, 0.1) is 12.0 Å². The van der Waals surface area contributed by atoms with Crippen molar-refractivity contribution >= 4 is 17.8 Å². The fourth-order valence-corrected chi connectivity index (χ4v) is 2.55. The summed E-state index contributed by atoms with van der Waals surface area (Å²) in [6.07, 6.45) is 3.17. The van der Waals surface area contributed by atoms with Gasteiger partial charge in [-0.05, 0) is 18.6 Å². The highest BCUT2D eigenvalue weighted by Crippen LogP contribution is 2.38. The van der Waals surface area contributed by atoms with Gasteiger partial charge in [0.25, 0.3) is 0 Å². The van der Waals surface area contributed by atoms with Crippen LogP contribution in [-0.2, 0) is 19.1 Å². The highest BCUT2D eigenvalue weighted by molar-refractivity contribution is 5.97. The van der Waals surface area contributed by atoms with Crippen molar-refractivity contribution in [2.45, 2.75) is 25.8 Å². The van der Waals surface area contributed by atoms with E-state index in [1.165, 1.54) is 24.0 Å². The molecule has 0 aromatic heterocycles. The predicted molar refractivity (Wildman–Crippen MR) is 66.0 cm³/mol. The van der Waals surface area contributed by atoms with Crippen molar-refractivity contribution in [3.8, 4) is 0 Å². The number of fused-ring (bicyclic) bond motifs is 1. The average molecular weight is 281 g/mol. The van der Waals surface area contributed by atoms with Crippen LogP contribution in [0.3, 0.4) is 0 Å². The van der Waals surface area contributed by atoms with E-state index in [4.69, 9.17) is 14.9 Å². The van der Waals surface area contributed by atoms with Crippen LogP contribution in [-0.4, -0.2) is 45.6 Å². The van der Waals surface area contributed by atoms with Gasteiger partial charge in [0.15, 0.2) is 0 Å². The Balaban J connectivity index is 2.28. The maximum Gasteiger partial charge on any atom is 0.352 e. The number of nitrogens with zero attached hydrogens (tertiary/aromatic N) is 1. The molecule has 7 nitrogen and oxygen atoms in total. The molecule has 20 heavy (non-hydrogen) atoms. The van der Waals surface area contributed by atoms with Gasteiger partial charge < -0.3 is 19.8 Å². The molecule has 2 aliphatic rings. The second-order valence-corrected chi connectivity index (χ2v) is 4.68. The third-order valence-corrected chi connectivity index (χ3v) is 3.38. The molecule has 0 spiro atoms. The van der Waals surface area contributed by atoms with Crippen LogP contribution in [0.4, 0.5) is 0 Å². The molecular formula is C13H15NO6. The molecule has 1 fully saturated rings. The second kappa shape index (κ2) is 5.46. The number of carboxylic acid groups (broad SMARTS) is 1. The third kappa shape index (κ3) is 2.44. The van der Waals surface area contributed by atoms with Gasteiger partial charge in [-0.1, -0.05) is 0 Å². The van der Waals surface area contributed by atoms with E-state index >= 15 is 0 Å². The van der Waals surface area contributed by atoms with Crippen LogP contribution in [0.15, 0.2) is 23.6 Å². The number of hydrogen-bond donors (Lipinski definition) is 2. The number of carbonyl (C=O) groups is 3. The first kappa shape index (κ1) is 14.3. The van der Waals surface area contributed by atoms with Crippen LogP contribution in [0.2, 0.25) is 0 Å². The molecule has 0 bridgehead atoms. The second-order valence-electron chi connectivity index (χ2n) is 4.68. The zero-order chi connectivity index (χ0) is 14.9. The number of aliphatic hydroxyl groups is 1. The number of hydrogen-bond acceptors (Lipinski definition) is 5. The highest BCUT2D eigenvalue weighted by atomic mass is 16.5. The molecule has 0 aromatic carbocycles. The summed E-state index contributed by atoms with van der Waals surface area (Å²) >= 11 is 0. The Bertz CT molecular complexity index is 521. The molecule has 2 N–H and O–H groups in total. The minimum atomic E-state index is -1.22. The number of amides is 1. The first-order valence-corrected chi connectivity index (χ1v) is 6.22. The normalized spacial score (nSPS) is 24.9. The van der Waals surface area contributed by atoms with Gasteiger partial charge >= 0.3 is 11.9 Å². The number of esters is 1. The minimum absolute atomic E-state index is 0.142. The SMILES string of the molecule is CC(=O)OC1=CC=C(C(=O)O)N2C(=O)[C@@H](CCO)[C@H]2C1. The van der Waals surface area contributed by atoms with Gasteiger partial charge in [0.1, 0.15) is 11.5 Å². The van der Waals surface area contributed by atoms with Crippen LogP contribution in [0.25, 0.3) is 0 Å². The first-order chi connectivity index (χ1) is 9.45. The Labute approximate surface area is 115 Å². The van der Waals surface area contributed by atoms with Crippen LogP contribution in [0, 0.1) is 5.92 Å². The maximum atomic E-state index is 12.0. The lowest BCUT2D eigenvalue weighted by molar-refractivity contribution is -0.158. The molecule has 2 aliphatic heterocycles. The van der Waals surface area contributed by atoms with Crippen LogP contribution >= 0.6 is 0 Å². The molecule has 0 unspecified atom stereocenters. The zero-order valence-corrected chi connectivity index (χ0v) is 10.9. The fraction of sp³-hybridized carbons (Fsp3) is 0.462. The molecule has 1 amide bonds. The first-order valence-electron chi connectivity index (χ1n) is 6.22. The number of β-lactam (4-membered cyclic amide) rings is 1. The number of carboxylic acids is 1. The summed E-state index contributed by atoms with van der Waals surface area (Å²) in [5.74, 6) is -2.17. The Kier molecular flexibility index (Phi) is 3.89. The molecule has 1 saturated heterocycles. The van der Waals surface area contributed by atoms with Crippen molar-refractivity contribution in [1.29, 1.82) is 0 Å². The molecular weight excluding hydrogens is 266 g/mol. The van der Waals surface area contributed by atoms with E-state index in [1.54, 1.807) is 0 Å². The average Bonchev–Trinajstić information content (AvgIpc) is 2.53. The number of ether oxygens (including phenoxy) is 1. The van der Waals surface area contributed by atoms with Gasteiger partial charge in [-0.3, -0.25) is 9.59 Å². The molecule has 2 atom stereocenters. The quantitative estimate of drug-likeness (QED) is 0.556. The van der Waals surface area contributed by atoms with Crippen LogP contribution in [0.1, 0.15) is 19.8 Å². The van der Waals surface area contributed by atoms with E-state index in [0.29, 0.717) is 5.76 Å². The highest BCUT2D eigenvalue weighted by Gasteiger charge is 2.50. The Morgan fingerprint density at radius 2 is 2.15 bits per heavy atom. The van der Waals surface area contributed by atoms with Crippen molar-refractivity contribution < 1.29 is 29.3 Å². The lowest BCUT2D eigenvalue weighted by atomic mass is 9.82. The third-order valence-electron chi connectivity index (χ3n) is 3.38. The minimum Gasteiger partial charge on any atom is -0.477 e. The number of carbonyl (C=O) groups excluding carboxylic acids is 2. The van der Waals surface area contributed by atoms with E-state index in [0.717, 1.165) is 0 Å². The van der Waals surface area contributed by atoms with Crippen molar-refractivity contribution in [2.75, 3.05) is 6.61 Å². The topological polar surface area (TPSA) is 104 Å². The van der Waals surface area contributed by atoms with Gasteiger partial charge in [-0.2, -0.15) is 0 Å². The lowest BCUT2D eigenvalue weighted by Crippen LogP contribution is -2.61. The van der Waals surface area contributed by atoms with E-state index < -0.39 is 23.9 Å². The Hall–Kier alpha value is -2.15. The summed E-state index contributed by atoms with van der Waals surface area (Å²) in [5.41, 5.74) is -0.142. The monoisotopic (exact) mass is 281 g/mol. The van der Waals surface area contributed by atoms with Gasteiger partial charge in [0, 0.05) is 20.0 Å². The Morgan fingerprint density at radius 1 is 1.45 bits per heavy atom. The zero-order valence-electron chi connectivity index (χ0n) is 10.9. The number of aliphatic carboxylic acids is 1. The molecule has 0 aliphatic carbocycles.